The first kappa shape index (κ1) is 15.8. The first-order chi connectivity index (χ1) is 10.0. The first-order valence-electron chi connectivity index (χ1n) is 7.60. The largest absolute Gasteiger partial charge is 0.496 e. The molecule has 0 saturated carbocycles. The van der Waals surface area contributed by atoms with E-state index in [1.165, 1.54) is 11.1 Å². The van der Waals surface area contributed by atoms with E-state index >= 15 is 0 Å². The fourth-order valence-corrected chi connectivity index (χ4v) is 3.13. The molecule has 1 aromatic rings. The number of benzene rings is 1. The molecule has 0 amide bonds. The van der Waals surface area contributed by atoms with Crippen molar-refractivity contribution in [3.05, 3.63) is 29.3 Å². The summed E-state index contributed by atoms with van der Waals surface area (Å²) in [6.45, 7) is 6.54. The molecule has 0 atom stereocenters. The number of ether oxygens (including phenoxy) is 1. The molecule has 4 nitrogen and oxygen atoms in total. The lowest BCUT2D eigenvalue weighted by molar-refractivity contribution is -0.152. The van der Waals surface area contributed by atoms with Gasteiger partial charge in [-0.05, 0) is 45.3 Å². The summed E-state index contributed by atoms with van der Waals surface area (Å²) in [7, 11) is 1.69. The van der Waals surface area contributed by atoms with Crippen molar-refractivity contribution >= 4 is 5.97 Å². The normalized spacial score (nSPS) is 18.4. The van der Waals surface area contributed by atoms with Crippen LogP contribution in [0, 0.1) is 12.3 Å². The Kier molecular flexibility index (Phi) is 4.88. The molecule has 2 rings (SSSR count). The fourth-order valence-electron chi connectivity index (χ4n) is 3.13. The van der Waals surface area contributed by atoms with E-state index in [1.54, 1.807) is 7.11 Å². The number of aliphatic carboxylic acids is 1. The van der Waals surface area contributed by atoms with Crippen LogP contribution in [0.4, 0.5) is 0 Å². The van der Waals surface area contributed by atoms with E-state index in [4.69, 9.17) is 4.74 Å². The Hall–Kier alpha value is -1.55. The molecule has 1 aromatic carbocycles. The van der Waals surface area contributed by atoms with Gasteiger partial charge in [0, 0.05) is 12.1 Å². The minimum Gasteiger partial charge on any atom is -0.496 e. The van der Waals surface area contributed by atoms with Crippen LogP contribution in [-0.2, 0) is 11.3 Å². The number of methoxy groups -OCH3 is 1. The SMILES string of the molecule is CCC1(C(=O)O)CCN(Cc2cc(C)ccc2OC)CC1. The molecule has 1 aliphatic rings. The van der Waals surface area contributed by atoms with E-state index in [1.807, 2.05) is 19.1 Å². The number of nitrogens with zero attached hydrogens (tertiary/aromatic N) is 1. The van der Waals surface area contributed by atoms with Gasteiger partial charge in [0.1, 0.15) is 5.75 Å². The van der Waals surface area contributed by atoms with Crippen LogP contribution in [-0.4, -0.2) is 36.2 Å². The summed E-state index contributed by atoms with van der Waals surface area (Å²) in [5.74, 6) is 0.268. The summed E-state index contributed by atoms with van der Waals surface area (Å²) < 4.78 is 5.42. The van der Waals surface area contributed by atoms with E-state index in [0.29, 0.717) is 6.42 Å². The highest BCUT2D eigenvalue weighted by atomic mass is 16.5. The van der Waals surface area contributed by atoms with Crippen molar-refractivity contribution in [2.24, 2.45) is 5.41 Å². The van der Waals surface area contributed by atoms with Crippen LogP contribution in [0.3, 0.4) is 0 Å². The van der Waals surface area contributed by atoms with Crippen molar-refractivity contribution in [1.82, 2.24) is 4.90 Å². The Morgan fingerprint density at radius 3 is 2.57 bits per heavy atom. The van der Waals surface area contributed by atoms with Crippen LogP contribution in [0.1, 0.15) is 37.3 Å². The third kappa shape index (κ3) is 3.38. The predicted octanol–water partition coefficient (Wildman–Crippen LogP) is 3.08. The zero-order valence-electron chi connectivity index (χ0n) is 13.2. The highest BCUT2D eigenvalue weighted by molar-refractivity contribution is 5.74. The second-order valence-electron chi connectivity index (χ2n) is 6.03. The van der Waals surface area contributed by atoms with Crippen LogP contribution >= 0.6 is 0 Å². The zero-order valence-corrected chi connectivity index (χ0v) is 13.2. The quantitative estimate of drug-likeness (QED) is 0.905. The summed E-state index contributed by atoms with van der Waals surface area (Å²) in [4.78, 5) is 13.8. The second-order valence-corrected chi connectivity index (χ2v) is 6.03. The maximum atomic E-state index is 11.5. The van der Waals surface area contributed by atoms with E-state index in [-0.39, 0.29) is 0 Å². The standard InChI is InChI=1S/C17H25NO3/c1-4-17(16(19)20)7-9-18(10-8-17)12-14-11-13(2)5-6-15(14)21-3/h5-6,11H,4,7-10,12H2,1-3H3,(H,19,20). The number of rotatable bonds is 5. The molecule has 0 bridgehead atoms. The number of hydrogen-bond donors (Lipinski definition) is 1. The smallest absolute Gasteiger partial charge is 0.309 e. The fraction of sp³-hybridized carbons (Fsp3) is 0.588. The van der Waals surface area contributed by atoms with Crippen molar-refractivity contribution in [3.8, 4) is 5.75 Å². The van der Waals surface area contributed by atoms with Crippen molar-refractivity contribution < 1.29 is 14.6 Å². The van der Waals surface area contributed by atoms with Gasteiger partial charge in [0.2, 0.25) is 0 Å². The Morgan fingerprint density at radius 1 is 1.38 bits per heavy atom. The highest BCUT2D eigenvalue weighted by Gasteiger charge is 2.39. The van der Waals surface area contributed by atoms with E-state index in [9.17, 15) is 9.90 Å². The van der Waals surface area contributed by atoms with Crippen molar-refractivity contribution in [3.63, 3.8) is 0 Å². The van der Waals surface area contributed by atoms with E-state index < -0.39 is 11.4 Å². The molecular formula is C17H25NO3. The Balaban J connectivity index is 2.04. The van der Waals surface area contributed by atoms with Crippen LogP contribution in [0.15, 0.2) is 18.2 Å². The summed E-state index contributed by atoms with van der Waals surface area (Å²) in [6, 6.07) is 6.20. The number of carboxylic acids is 1. The van der Waals surface area contributed by atoms with Crippen LogP contribution in [0.5, 0.6) is 5.75 Å². The van der Waals surface area contributed by atoms with Crippen LogP contribution in [0.25, 0.3) is 0 Å². The lowest BCUT2D eigenvalue weighted by atomic mass is 9.76. The molecule has 1 aliphatic heterocycles. The Morgan fingerprint density at radius 2 is 2.05 bits per heavy atom. The average molecular weight is 291 g/mol. The van der Waals surface area contributed by atoms with Gasteiger partial charge in [-0.1, -0.05) is 24.6 Å². The van der Waals surface area contributed by atoms with Crippen molar-refractivity contribution in [1.29, 1.82) is 0 Å². The third-order valence-corrected chi connectivity index (χ3v) is 4.77. The van der Waals surface area contributed by atoms with Crippen LogP contribution < -0.4 is 4.74 Å². The molecule has 116 valence electrons. The molecule has 1 heterocycles. The predicted molar refractivity (Wildman–Crippen MR) is 82.6 cm³/mol. The first-order valence-corrected chi connectivity index (χ1v) is 7.60. The Bertz CT molecular complexity index is 505. The van der Waals surface area contributed by atoms with E-state index in [2.05, 4.69) is 17.9 Å². The number of carboxylic acid groups (broad SMARTS) is 1. The molecule has 0 aromatic heterocycles. The van der Waals surface area contributed by atoms with Gasteiger partial charge in [0.25, 0.3) is 0 Å². The molecule has 21 heavy (non-hydrogen) atoms. The molecular weight excluding hydrogens is 266 g/mol. The van der Waals surface area contributed by atoms with Gasteiger partial charge in [-0.25, -0.2) is 0 Å². The zero-order chi connectivity index (χ0) is 15.5. The van der Waals surface area contributed by atoms with Gasteiger partial charge in [0.05, 0.1) is 12.5 Å². The minimum absolute atomic E-state index is 0.521. The maximum absolute atomic E-state index is 11.5. The summed E-state index contributed by atoms with van der Waals surface area (Å²) in [5.41, 5.74) is 1.88. The molecule has 0 radical (unpaired) electrons. The highest BCUT2D eigenvalue weighted by Crippen LogP contribution is 2.36. The third-order valence-electron chi connectivity index (χ3n) is 4.77. The van der Waals surface area contributed by atoms with Gasteiger partial charge in [-0.3, -0.25) is 9.69 Å². The van der Waals surface area contributed by atoms with Crippen molar-refractivity contribution in [2.45, 2.75) is 39.7 Å². The van der Waals surface area contributed by atoms with Gasteiger partial charge in [-0.2, -0.15) is 0 Å². The lowest BCUT2D eigenvalue weighted by Crippen LogP contribution is -2.43. The van der Waals surface area contributed by atoms with Gasteiger partial charge < -0.3 is 9.84 Å². The number of carbonyl (C=O) groups is 1. The number of likely N-dealkylation sites (tertiary alicyclic amines) is 1. The average Bonchev–Trinajstić information content (AvgIpc) is 2.48. The van der Waals surface area contributed by atoms with Crippen LogP contribution in [0.2, 0.25) is 0 Å². The van der Waals surface area contributed by atoms with Crippen molar-refractivity contribution in [2.75, 3.05) is 20.2 Å². The molecule has 1 fully saturated rings. The Labute approximate surface area is 126 Å². The van der Waals surface area contributed by atoms with Gasteiger partial charge in [-0.15, -0.1) is 0 Å². The van der Waals surface area contributed by atoms with Gasteiger partial charge >= 0.3 is 5.97 Å². The molecule has 4 heteroatoms. The summed E-state index contributed by atoms with van der Waals surface area (Å²) in [5, 5.41) is 9.44. The molecule has 1 saturated heterocycles. The number of piperidine rings is 1. The summed E-state index contributed by atoms with van der Waals surface area (Å²) >= 11 is 0. The monoisotopic (exact) mass is 291 g/mol. The van der Waals surface area contributed by atoms with E-state index in [0.717, 1.165) is 38.2 Å². The molecule has 0 spiro atoms. The maximum Gasteiger partial charge on any atom is 0.309 e. The minimum atomic E-state index is -0.641. The molecule has 1 N–H and O–H groups in total. The summed E-state index contributed by atoms with van der Waals surface area (Å²) in [6.07, 6.45) is 2.17. The second kappa shape index (κ2) is 6.48. The molecule has 0 aliphatic carbocycles. The number of hydrogen-bond acceptors (Lipinski definition) is 3. The van der Waals surface area contributed by atoms with Gasteiger partial charge in [0.15, 0.2) is 0 Å². The lowest BCUT2D eigenvalue weighted by Gasteiger charge is -2.38. The topological polar surface area (TPSA) is 49.8 Å². The molecule has 0 unspecified atom stereocenters. The number of aryl methyl sites for hydroxylation is 1.